The third kappa shape index (κ3) is 30.9. The molecule has 0 spiro atoms. The molecule has 0 aromatic heterocycles. The molecule has 0 aliphatic heterocycles. The van der Waals surface area contributed by atoms with E-state index in [2.05, 4.69) is 38.2 Å². The number of carbonyl (C=O) groups is 2. The molecule has 1 aromatic carbocycles. The second-order valence-electron chi connectivity index (χ2n) is 15.0. The number of benzene rings is 1. The zero-order valence-electron chi connectivity index (χ0n) is 35.4. The summed E-state index contributed by atoms with van der Waals surface area (Å²) in [5, 5.41) is 0. The van der Waals surface area contributed by atoms with E-state index in [4.69, 9.17) is 9.47 Å². The van der Waals surface area contributed by atoms with Crippen LogP contribution in [0.5, 0.6) is 0 Å². The van der Waals surface area contributed by atoms with Crippen molar-refractivity contribution in [3.8, 4) is 0 Å². The van der Waals surface area contributed by atoms with Crippen LogP contribution in [0.25, 0.3) is 0 Å². The van der Waals surface area contributed by atoms with Gasteiger partial charge in [-0.2, -0.15) is 0 Å². The first-order valence-corrected chi connectivity index (χ1v) is 23.5. The smallest absolute Gasteiger partial charge is 0.744 e. The molecule has 0 aliphatic carbocycles. The molecule has 0 fully saturated rings. The van der Waals surface area contributed by atoms with Crippen LogP contribution in [-0.2, 0) is 19.6 Å². The van der Waals surface area contributed by atoms with Gasteiger partial charge in [0.25, 0.3) is 0 Å². The maximum Gasteiger partial charge on any atom is 1.00 e. The molecule has 55 heavy (non-hydrogen) atoms. The van der Waals surface area contributed by atoms with Crippen molar-refractivity contribution < 1.29 is 83.4 Å². The number of hydrogen-bond donors (Lipinski definition) is 0. The summed E-state index contributed by atoms with van der Waals surface area (Å²) >= 11 is 0. The first-order chi connectivity index (χ1) is 26.3. The monoisotopic (exact) mass is 813 g/mol. The van der Waals surface area contributed by atoms with Gasteiger partial charge in [0.15, 0.2) is 0 Å². The summed E-state index contributed by atoms with van der Waals surface area (Å²) in [7, 11) is -5.02. The van der Waals surface area contributed by atoms with Crippen LogP contribution >= 0.6 is 0 Å². The Morgan fingerprint density at radius 2 is 0.836 bits per heavy atom. The van der Waals surface area contributed by atoms with Crippen molar-refractivity contribution in [2.24, 2.45) is 0 Å². The quantitative estimate of drug-likeness (QED) is 0.0216. The van der Waals surface area contributed by atoms with E-state index >= 15 is 0 Å². The summed E-state index contributed by atoms with van der Waals surface area (Å²) in [4.78, 5) is 25.2. The van der Waals surface area contributed by atoms with Crippen molar-refractivity contribution >= 4 is 22.1 Å². The molecule has 0 amide bonds. The summed E-state index contributed by atoms with van der Waals surface area (Å²) in [6.45, 7) is 4.74. The summed E-state index contributed by atoms with van der Waals surface area (Å²) in [5.74, 6) is -1.82. The Labute approximate surface area is 380 Å². The normalized spacial score (nSPS) is 11.7. The van der Waals surface area contributed by atoms with Gasteiger partial charge < -0.3 is 14.0 Å². The van der Waals surface area contributed by atoms with Gasteiger partial charge in [-0.3, -0.25) is 0 Å². The van der Waals surface area contributed by atoms with E-state index < -0.39 is 32.5 Å². The van der Waals surface area contributed by atoms with E-state index in [0.717, 1.165) is 63.9 Å². The molecule has 7 nitrogen and oxygen atoms in total. The van der Waals surface area contributed by atoms with Crippen molar-refractivity contribution in [2.45, 2.75) is 211 Å². The average molecular weight is 813 g/mol. The Hall–Kier alpha value is -0.814. The SMILES string of the molecule is CCCCCCCCC/C=C/CCCCCCCCOC(=O)c1cccc(S(=O)(=O)[O-])c1C(=O)OCCCCCCCC/C=C/CCCCCCCCC.[K+]. The van der Waals surface area contributed by atoms with Crippen molar-refractivity contribution in [2.75, 3.05) is 13.2 Å². The van der Waals surface area contributed by atoms with Crippen LogP contribution in [0.4, 0.5) is 0 Å². The van der Waals surface area contributed by atoms with E-state index in [1.165, 1.54) is 134 Å². The van der Waals surface area contributed by atoms with E-state index in [-0.39, 0.29) is 70.2 Å². The minimum atomic E-state index is -5.02. The number of ether oxygens (including phenoxy) is 2. The summed E-state index contributed by atoms with van der Waals surface area (Å²) in [5.41, 5.74) is -0.789. The number of esters is 2. The Bertz CT molecular complexity index is 1240. The molecular weight excluding hydrogens is 736 g/mol. The van der Waals surface area contributed by atoms with Gasteiger partial charge in [0.1, 0.15) is 10.1 Å². The summed E-state index contributed by atoms with van der Waals surface area (Å²) in [6.07, 6.45) is 44.6. The molecule has 1 rings (SSSR count). The number of allylic oxidation sites excluding steroid dienone is 4. The standard InChI is InChI=1S/C46H78O7S.K/c1-3-5-7-9-11-13-15-17-19-21-23-25-27-29-31-33-35-40-52-45(47)42-38-37-39-43(54(49,50)51)44(42)46(48)53-41-36-34-32-30-28-26-24-22-20-18-16-14-12-10-8-6-4-2;/h19-22,37-39H,3-18,23-36,40-41H2,1-2H3,(H,49,50,51);/q;+1/p-1/b21-19+,22-20+;. The van der Waals surface area contributed by atoms with Gasteiger partial charge in [-0.1, -0.05) is 173 Å². The van der Waals surface area contributed by atoms with Crippen molar-refractivity contribution in [3.05, 3.63) is 53.6 Å². The zero-order valence-corrected chi connectivity index (χ0v) is 39.4. The molecule has 9 heteroatoms. The van der Waals surface area contributed by atoms with Gasteiger partial charge in [-0.15, -0.1) is 0 Å². The van der Waals surface area contributed by atoms with E-state index in [9.17, 15) is 22.6 Å². The van der Waals surface area contributed by atoms with Gasteiger partial charge in [-0.05, 0) is 76.3 Å². The molecule has 0 heterocycles. The Kier molecular flexibility index (Phi) is 38.1. The van der Waals surface area contributed by atoms with E-state index in [0.29, 0.717) is 12.8 Å². The maximum atomic E-state index is 13.0. The number of rotatable bonds is 37. The fraction of sp³-hybridized carbons (Fsp3) is 0.739. The maximum absolute atomic E-state index is 13.0. The van der Waals surface area contributed by atoms with Gasteiger partial charge in [0, 0.05) is 0 Å². The molecule has 0 saturated heterocycles. The van der Waals surface area contributed by atoms with Crippen LogP contribution in [0.3, 0.4) is 0 Å². The van der Waals surface area contributed by atoms with Crippen molar-refractivity contribution in [1.82, 2.24) is 0 Å². The Morgan fingerprint density at radius 1 is 0.509 bits per heavy atom. The number of hydrogen-bond acceptors (Lipinski definition) is 7. The fourth-order valence-corrected chi connectivity index (χ4v) is 7.34. The zero-order chi connectivity index (χ0) is 39.4. The van der Waals surface area contributed by atoms with Crippen LogP contribution in [-0.4, -0.2) is 38.1 Å². The average Bonchev–Trinajstić information content (AvgIpc) is 3.16. The number of unbranched alkanes of at least 4 members (excludes halogenated alkanes) is 26. The van der Waals surface area contributed by atoms with Crippen LogP contribution in [0.15, 0.2) is 47.4 Å². The molecule has 0 aliphatic rings. The summed E-state index contributed by atoms with van der Waals surface area (Å²) < 4.78 is 46.7. The minimum absolute atomic E-state index is 0. The summed E-state index contributed by atoms with van der Waals surface area (Å²) in [6, 6.07) is 3.61. The van der Waals surface area contributed by atoms with Crippen molar-refractivity contribution in [1.29, 1.82) is 0 Å². The third-order valence-electron chi connectivity index (χ3n) is 10.00. The van der Waals surface area contributed by atoms with Crippen LogP contribution in [0.1, 0.15) is 227 Å². The Balaban J connectivity index is 0.0000292. The topological polar surface area (TPSA) is 110 Å². The van der Waals surface area contributed by atoms with Crippen LogP contribution in [0.2, 0.25) is 0 Å². The van der Waals surface area contributed by atoms with Gasteiger partial charge in [0.05, 0.1) is 29.2 Å². The largest absolute Gasteiger partial charge is 1.00 e. The van der Waals surface area contributed by atoms with Crippen LogP contribution < -0.4 is 51.4 Å². The second kappa shape index (κ2) is 38.7. The molecule has 0 bridgehead atoms. The first-order valence-electron chi connectivity index (χ1n) is 22.1. The minimum Gasteiger partial charge on any atom is -0.744 e. The first kappa shape index (κ1) is 54.2. The molecule has 0 unspecified atom stereocenters. The van der Waals surface area contributed by atoms with Gasteiger partial charge in [0.2, 0.25) is 0 Å². The number of carbonyl (C=O) groups excluding carboxylic acids is 2. The second-order valence-corrected chi connectivity index (χ2v) is 16.3. The van der Waals surface area contributed by atoms with Gasteiger partial charge >= 0.3 is 63.3 Å². The van der Waals surface area contributed by atoms with Crippen molar-refractivity contribution in [3.63, 3.8) is 0 Å². The predicted molar refractivity (Wildman–Crippen MR) is 223 cm³/mol. The van der Waals surface area contributed by atoms with E-state index in [1.807, 2.05) is 0 Å². The molecule has 0 radical (unpaired) electrons. The fourth-order valence-electron chi connectivity index (χ4n) is 6.65. The molecular formula is C46H77KO7S. The molecule has 310 valence electrons. The van der Waals surface area contributed by atoms with Gasteiger partial charge in [-0.25, -0.2) is 18.0 Å². The predicted octanol–water partition coefficient (Wildman–Crippen LogP) is 10.8. The third-order valence-corrected chi connectivity index (χ3v) is 10.9. The van der Waals surface area contributed by atoms with Crippen LogP contribution in [0, 0.1) is 0 Å². The molecule has 1 aromatic rings. The molecule has 0 saturated carbocycles. The Morgan fingerprint density at radius 3 is 1.20 bits per heavy atom. The van der Waals surface area contributed by atoms with E-state index in [1.54, 1.807) is 0 Å². The molecule has 0 N–H and O–H groups in total. The molecule has 0 atom stereocenters.